The van der Waals surface area contributed by atoms with E-state index in [-0.39, 0.29) is 11.3 Å². The van der Waals surface area contributed by atoms with Crippen molar-refractivity contribution in [1.82, 2.24) is 14.9 Å². The quantitative estimate of drug-likeness (QED) is 0.565. The summed E-state index contributed by atoms with van der Waals surface area (Å²) >= 11 is 12.7. The van der Waals surface area contributed by atoms with E-state index >= 15 is 0 Å². The number of hydrogen-bond donors (Lipinski definition) is 3. The Morgan fingerprint density at radius 1 is 1.17 bits per heavy atom. The molecule has 0 bridgehead atoms. The molecule has 3 N–H and O–H groups in total. The zero-order chi connectivity index (χ0) is 20.5. The first-order chi connectivity index (χ1) is 14.0. The number of hydrogen-bond acceptors (Lipinski definition) is 3. The minimum Gasteiger partial charge on any atom is -0.478 e. The van der Waals surface area contributed by atoms with Gasteiger partial charge in [0, 0.05) is 24.2 Å². The van der Waals surface area contributed by atoms with Crippen LogP contribution in [0.1, 0.15) is 33.4 Å². The third kappa shape index (κ3) is 3.54. The highest BCUT2D eigenvalue weighted by Crippen LogP contribution is 2.39. The number of nitrogens with zero attached hydrogens (tertiary/aromatic N) is 2. The van der Waals surface area contributed by atoms with Crippen LogP contribution in [0, 0.1) is 0 Å². The first-order valence-electron chi connectivity index (χ1n) is 8.83. The molecule has 1 aliphatic rings. The molecule has 1 atom stereocenters. The largest absolute Gasteiger partial charge is 0.478 e. The summed E-state index contributed by atoms with van der Waals surface area (Å²) in [5, 5.41) is 12.8. The summed E-state index contributed by atoms with van der Waals surface area (Å²) in [4.78, 5) is 33.7. The Labute approximate surface area is 176 Å². The van der Waals surface area contributed by atoms with Crippen molar-refractivity contribution in [1.29, 1.82) is 0 Å². The van der Waals surface area contributed by atoms with Crippen molar-refractivity contribution in [3.8, 4) is 0 Å². The van der Waals surface area contributed by atoms with Crippen LogP contribution >= 0.6 is 23.2 Å². The summed E-state index contributed by atoms with van der Waals surface area (Å²) in [6, 6.07) is 10.5. The maximum absolute atomic E-state index is 13.2. The Morgan fingerprint density at radius 2 is 1.97 bits per heavy atom. The Kier molecular flexibility index (Phi) is 5.17. The number of carboxylic acids is 1. The number of urea groups is 1. The van der Waals surface area contributed by atoms with Gasteiger partial charge in [-0.05, 0) is 18.2 Å². The number of amides is 2. The Bertz CT molecular complexity index is 1100. The fraction of sp³-hybridized carbons (Fsp3) is 0.150. The van der Waals surface area contributed by atoms with Crippen molar-refractivity contribution in [3.05, 3.63) is 81.4 Å². The number of nitrogens with one attached hydrogen (secondary N) is 2. The number of rotatable bonds is 3. The highest BCUT2D eigenvalue weighted by Gasteiger charge is 2.36. The minimum absolute atomic E-state index is 0.00987. The van der Waals surface area contributed by atoms with Crippen molar-refractivity contribution in [2.45, 2.75) is 12.5 Å². The number of carboxylic acid groups (broad SMARTS) is 1. The average Bonchev–Trinajstić information content (AvgIpc) is 3.18. The molecule has 1 aromatic heterocycles. The lowest BCUT2D eigenvalue weighted by Crippen LogP contribution is -2.43. The third-order valence-electron chi connectivity index (χ3n) is 4.86. The summed E-state index contributed by atoms with van der Waals surface area (Å²) in [6.45, 7) is 0.393. The molecular formula is C20H16Cl2N4O3. The van der Waals surface area contributed by atoms with Gasteiger partial charge in [0.15, 0.2) is 0 Å². The zero-order valence-electron chi connectivity index (χ0n) is 15.0. The summed E-state index contributed by atoms with van der Waals surface area (Å²) in [7, 11) is 0. The van der Waals surface area contributed by atoms with Gasteiger partial charge >= 0.3 is 12.0 Å². The predicted octanol–water partition coefficient (Wildman–Crippen LogP) is 4.59. The van der Waals surface area contributed by atoms with E-state index in [1.54, 1.807) is 47.6 Å². The number of H-pyrrole nitrogens is 1. The number of carbonyl (C=O) groups is 2. The maximum atomic E-state index is 13.2. The van der Waals surface area contributed by atoms with E-state index in [2.05, 4.69) is 15.3 Å². The fourth-order valence-corrected chi connectivity index (χ4v) is 3.92. The zero-order valence-corrected chi connectivity index (χ0v) is 16.5. The lowest BCUT2D eigenvalue weighted by atomic mass is 9.96. The van der Waals surface area contributed by atoms with Gasteiger partial charge in [-0.2, -0.15) is 0 Å². The Hall–Kier alpha value is -3.03. The molecule has 4 rings (SSSR count). The highest BCUT2D eigenvalue weighted by atomic mass is 35.5. The van der Waals surface area contributed by atoms with Crippen LogP contribution in [0.3, 0.4) is 0 Å². The van der Waals surface area contributed by atoms with Gasteiger partial charge in [-0.25, -0.2) is 14.6 Å². The van der Waals surface area contributed by atoms with Crippen LogP contribution in [0.25, 0.3) is 0 Å². The SMILES string of the molecule is O=C(O)c1ccccc1NC(=O)N1CCc2[nH]cnc2[C@@H]1c1cccc(Cl)c1Cl. The van der Waals surface area contributed by atoms with E-state index in [0.717, 1.165) is 5.69 Å². The van der Waals surface area contributed by atoms with Crippen LogP contribution in [0.15, 0.2) is 48.8 Å². The van der Waals surface area contributed by atoms with Gasteiger partial charge < -0.3 is 20.3 Å². The summed E-state index contributed by atoms with van der Waals surface area (Å²) in [5.41, 5.74) is 2.47. The molecule has 0 spiro atoms. The molecule has 0 saturated heterocycles. The molecule has 7 nitrogen and oxygen atoms in total. The third-order valence-corrected chi connectivity index (χ3v) is 5.69. The molecule has 148 valence electrons. The number of halogens is 2. The van der Waals surface area contributed by atoms with Crippen molar-refractivity contribution in [3.63, 3.8) is 0 Å². The van der Waals surface area contributed by atoms with Crippen molar-refractivity contribution >= 4 is 40.9 Å². The first kappa shape index (κ1) is 19.3. The number of carbonyl (C=O) groups excluding carboxylic acids is 1. The Morgan fingerprint density at radius 3 is 2.76 bits per heavy atom. The maximum Gasteiger partial charge on any atom is 0.337 e. The number of fused-ring (bicyclic) bond motifs is 1. The molecule has 2 aromatic carbocycles. The molecule has 1 aliphatic heterocycles. The number of anilines is 1. The standard InChI is InChI=1S/C20H16Cl2N4O3/c21-13-6-3-5-12(16(13)22)18-17-15(23-10-24-17)8-9-26(18)20(29)25-14-7-2-1-4-11(14)19(27)28/h1-7,10,18H,8-9H2,(H,23,24)(H,25,29)(H,27,28)/t18-/m0/s1. The first-order valence-corrected chi connectivity index (χ1v) is 9.59. The lowest BCUT2D eigenvalue weighted by molar-refractivity contribution is 0.0698. The van der Waals surface area contributed by atoms with Gasteiger partial charge in [-0.3, -0.25) is 0 Å². The second-order valence-corrected chi connectivity index (χ2v) is 7.32. The minimum atomic E-state index is -1.12. The topological polar surface area (TPSA) is 98.3 Å². The molecule has 29 heavy (non-hydrogen) atoms. The summed E-state index contributed by atoms with van der Waals surface area (Å²) in [5.74, 6) is -1.12. The Balaban J connectivity index is 1.73. The van der Waals surface area contributed by atoms with Gasteiger partial charge in [0.05, 0.1) is 33.3 Å². The number of aromatic carboxylic acids is 1. The van der Waals surface area contributed by atoms with Gasteiger partial charge in [-0.15, -0.1) is 0 Å². The molecule has 0 radical (unpaired) electrons. The highest BCUT2D eigenvalue weighted by molar-refractivity contribution is 6.42. The average molecular weight is 431 g/mol. The summed E-state index contributed by atoms with van der Waals surface area (Å²) in [6.07, 6.45) is 2.16. The second-order valence-electron chi connectivity index (χ2n) is 6.54. The van der Waals surface area contributed by atoms with E-state index in [4.69, 9.17) is 23.2 Å². The summed E-state index contributed by atoms with van der Waals surface area (Å²) < 4.78 is 0. The fourth-order valence-electron chi connectivity index (χ4n) is 3.51. The van der Waals surface area contributed by atoms with E-state index in [1.807, 2.05) is 0 Å². The van der Waals surface area contributed by atoms with Crippen molar-refractivity contribution in [2.75, 3.05) is 11.9 Å². The lowest BCUT2D eigenvalue weighted by Gasteiger charge is -2.35. The van der Waals surface area contributed by atoms with Crippen LogP contribution in [0.4, 0.5) is 10.5 Å². The van der Waals surface area contributed by atoms with Crippen LogP contribution in [-0.4, -0.2) is 38.5 Å². The molecule has 0 fully saturated rings. The smallest absolute Gasteiger partial charge is 0.337 e. The normalized spacial score (nSPS) is 15.7. The van der Waals surface area contributed by atoms with Crippen molar-refractivity contribution < 1.29 is 14.7 Å². The number of para-hydroxylation sites is 1. The van der Waals surface area contributed by atoms with Gasteiger partial charge in [0.1, 0.15) is 6.04 Å². The molecule has 2 amide bonds. The van der Waals surface area contributed by atoms with E-state index in [0.29, 0.717) is 34.3 Å². The van der Waals surface area contributed by atoms with Crippen molar-refractivity contribution in [2.24, 2.45) is 0 Å². The van der Waals surface area contributed by atoms with Crippen LogP contribution < -0.4 is 5.32 Å². The molecular weight excluding hydrogens is 415 g/mol. The van der Waals surface area contributed by atoms with E-state index in [1.165, 1.54) is 6.07 Å². The number of imidazole rings is 1. The van der Waals surface area contributed by atoms with Crippen LogP contribution in [0.2, 0.25) is 10.0 Å². The molecule has 2 heterocycles. The van der Waals surface area contributed by atoms with E-state index in [9.17, 15) is 14.7 Å². The van der Waals surface area contributed by atoms with Crippen LogP contribution in [0.5, 0.6) is 0 Å². The van der Waals surface area contributed by atoms with Gasteiger partial charge in [-0.1, -0.05) is 47.5 Å². The molecule has 9 heteroatoms. The number of aromatic nitrogens is 2. The van der Waals surface area contributed by atoms with Crippen LogP contribution in [-0.2, 0) is 6.42 Å². The molecule has 0 saturated carbocycles. The molecule has 0 aliphatic carbocycles. The molecule has 3 aromatic rings. The second kappa shape index (κ2) is 7.77. The number of benzene rings is 2. The predicted molar refractivity (Wildman–Crippen MR) is 110 cm³/mol. The van der Waals surface area contributed by atoms with Gasteiger partial charge in [0.25, 0.3) is 0 Å². The molecule has 0 unspecified atom stereocenters. The van der Waals surface area contributed by atoms with E-state index < -0.39 is 18.0 Å². The monoisotopic (exact) mass is 430 g/mol. The number of aromatic amines is 1. The van der Waals surface area contributed by atoms with Gasteiger partial charge in [0.2, 0.25) is 0 Å².